The van der Waals surface area contributed by atoms with Crippen molar-refractivity contribution in [3.8, 4) is 5.75 Å². The van der Waals surface area contributed by atoms with Gasteiger partial charge in [0.2, 0.25) is 0 Å². The molecule has 0 spiro atoms. The van der Waals surface area contributed by atoms with Gasteiger partial charge in [-0.2, -0.15) is 8.42 Å². The maximum absolute atomic E-state index is 12.4. The molecule has 2 aromatic carbocycles. The summed E-state index contributed by atoms with van der Waals surface area (Å²) in [7, 11) is -3.88. The maximum Gasteiger partial charge on any atom is 0.354 e. The van der Waals surface area contributed by atoms with E-state index in [1.54, 1.807) is 12.2 Å². The van der Waals surface area contributed by atoms with Gasteiger partial charge in [-0.1, -0.05) is 47.6 Å². The van der Waals surface area contributed by atoms with Crippen LogP contribution in [0.2, 0.25) is 0 Å². The highest BCUT2D eigenvalue weighted by atomic mass is 32.2. The van der Waals surface area contributed by atoms with Gasteiger partial charge in [0.05, 0.1) is 10.5 Å². The highest BCUT2D eigenvalue weighted by Gasteiger charge is 2.31. The van der Waals surface area contributed by atoms with E-state index in [0.29, 0.717) is 24.3 Å². The Morgan fingerprint density at radius 1 is 1.20 bits per heavy atom. The lowest BCUT2D eigenvalue weighted by Crippen LogP contribution is -2.18. The van der Waals surface area contributed by atoms with Crippen LogP contribution in [0.3, 0.4) is 0 Å². The van der Waals surface area contributed by atoms with Crippen molar-refractivity contribution in [3.63, 3.8) is 0 Å². The third kappa shape index (κ3) is 2.82. The second-order valence-corrected chi connectivity index (χ2v) is 7.61. The molecule has 5 nitrogen and oxygen atoms in total. The van der Waals surface area contributed by atoms with Crippen molar-refractivity contribution in [2.45, 2.75) is 25.9 Å². The van der Waals surface area contributed by atoms with Crippen molar-refractivity contribution in [3.05, 3.63) is 65.1 Å². The lowest BCUT2D eigenvalue weighted by atomic mass is 10.00. The number of nitrogens with zero attached hydrogens (tertiary/aromatic N) is 1. The Bertz CT molecular complexity index is 1030. The maximum atomic E-state index is 12.4. The van der Waals surface area contributed by atoms with Gasteiger partial charge in [0.1, 0.15) is 17.6 Å². The molecule has 1 aliphatic carbocycles. The summed E-state index contributed by atoms with van der Waals surface area (Å²) < 4.78 is 35.5. The Labute approximate surface area is 146 Å². The van der Waals surface area contributed by atoms with Gasteiger partial charge in [-0.25, -0.2) is 0 Å². The predicted octanol–water partition coefficient (Wildman–Crippen LogP) is 3.91. The first kappa shape index (κ1) is 15.9. The zero-order valence-corrected chi connectivity index (χ0v) is 14.5. The number of fused-ring (bicyclic) bond motifs is 3. The van der Waals surface area contributed by atoms with Crippen molar-refractivity contribution in [2.75, 3.05) is 0 Å². The molecule has 0 amide bonds. The monoisotopic (exact) mass is 355 g/mol. The van der Waals surface area contributed by atoms with E-state index in [4.69, 9.17) is 9.02 Å². The van der Waals surface area contributed by atoms with Crippen molar-refractivity contribution in [1.82, 2.24) is 0 Å². The molecule has 1 atom stereocenters. The minimum absolute atomic E-state index is 0.240. The Morgan fingerprint density at radius 3 is 2.84 bits per heavy atom. The predicted molar refractivity (Wildman–Crippen MR) is 97.0 cm³/mol. The fourth-order valence-corrected chi connectivity index (χ4v) is 4.00. The molecule has 0 saturated heterocycles. The van der Waals surface area contributed by atoms with Gasteiger partial charge in [-0.05, 0) is 42.7 Å². The summed E-state index contributed by atoms with van der Waals surface area (Å²) in [4.78, 5) is 0.240. The molecular weight excluding hydrogens is 338 g/mol. The first-order valence-electron chi connectivity index (χ1n) is 8.12. The van der Waals surface area contributed by atoms with Crippen LogP contribution in [0.4, 0.5) is 0 Å². The van der Waals surface area contributed by atoms with Crippen molar-refractivity contribution >= 4 is 26.6 Å². The zero-order chi connectivity index (χ0) is 17.4. The topological polar surface area (TPSA) is 65.0 Å². The van der Waals surface area contributed by atoms with E-state index in [-0.39, 0.29) is 11.0 Å². The molecule has 4 rings (SSSR count). The summed E-state index contributed by atoms with van der Waals surface area (Å²) in [6.07, 6.45) is 5.91. The van der Waals surface area contributed by atoms with Crippen LogP contribution in [0.15, 0.2) is 64.7 Å². The van der Waals surface area contributed by atoms with Crippen molar-refractivity contribution in [2.24, 2.45) is 5.16 Å². The number of hydrogen-bond acceptors (Lipinski definition) is 5. The molecule has 0 fully saturated rings. The molecule has 6 heteroatoms. The summed E-state index contributed by atoms with van der Waals surface area (Å²) in [5.74, 6) is 0.686. The van der Waals surface area contributed by atoms with Crippen molar-refractivity contribution in [1.29, 1.82) is 0 Å². The van der Waals surface area contributed by atoms with E-state index in [0.717, 1.165) is 16.3 Å². The minimum Gasteiger partial charge on any atom is -0.484 e. The molecule has 0 N–H and O–H groups in total. The van der Waals surface area contributed by atoms with Crippen LogP contribution in [-0.4, -0.2) is 20.2 Å². The Kier molecular flexibility index (Phi) is 3.84. The molecule has 25 heavy (non-hydrogen) atoms. The molecule has 1 aliphatic heterocycles. The molecule has 1 unspecified atom stereocenters. The van der Waals surface area contributed by atoms with E-state index in [2.05, 4.69) is 5.16 Å². The van der Waals surface area contributed by atoms with Crippen LogP contribution in [0.5, 0.6) is 5.75 Å². The number of benzene rings is 2. The van der Waals surface area contributed by atoms with Gasteiger partial charge in [0.25, 0.3) is 0 Å². The van der Waals surface area contributed by atoms with Crippen molar-refractivity contribution < 1.29 is 17.4 Å². The number of oxime groups is 1. The highest BCUT2D eigenvalue weighted by molar-refractivity contribution is 7.90. The summed E-state index contributed by atoms with van der Waals surface area (Å²) in [5.41, 5.74) is 1.28. The smallest absolute Gasteiger partial charge is 0.354 e. The average molecular weight is 355 g/mol. The molecular formula is C19H17NO4S. The van der Waals surface area contributed by atoms with Crippen LogP contribution in [0, 0.1) is 0 Å². The van der Waals surface area contributed by atoms with Gasteiger partial charge < -0.3 is 4.74 Å². The van der Waals surface area contributed by atoms with Crippen LogP contribution in [0.25, 0.3) is 10.8 Å². The number of hydrogen-bond donors (Lipinski definition) is 0. The van der Waals surface area contributed by atoms with Gasteiger partial charge >= 0.3 is 10.1 Å². The van der Waals surface area contributed by atoms with Crippen LogP contribution < -0.4 is 4.74 Å². The molecule has 0 aromatic heterocycles. The van der Waals surface area contributed by atoms with E-state index < -0.39 is 10.1 Å². The third-order valence-corrected chi connectivity index (χ3v) is 5.62. The number of allylic oxidation sites excluding steroid dienone is 4. The molecule has 2 aliphatic rings. The van der Waals surface area contributed by atoms with Gasteiger partial charge in [-0.3, -0.25) is 4.28 Å². The number of ether oxygens (including phenoxy) is 1. The van der Waals surface area contributed by atoms with Crippen LogP contribution in [0.1, 0.15) is 25.3 Å². The fourth-order valence-electron chi connectivity index (χ4n) is 3.11. The van der Waals surface area contributed by atoms with E-state index >= 15 is 0 Å². The van der Waals surface area contributed by atoms with Gasteiger partial charge in [0.15, 0.2) is 0 Å². The normalized spacial score (nSPS) is 21.1. The van der Waals surface area contributed by atoms with Gasteiger partial charge in [0, 0.05) is 0 Å². The summed E-state index contributed by atoms with van der Waals surface area (Å²) in [5, 5.41) is 5.98. The second-order valence-electron chi connectivity index (χ2n) is 6.02. The lowest BCUT2D eigenvalue weighted by Gasteiger charge is -2.09. The average Bonchev–Trinajstić information content (AvgIpc) is 2.96. The van der Waals surface area contributed by atoms with Gasteiger partial charge in [-0.15, -0.1) is 0 Å². The fraction of sp³-hybridized carbons (Fsp3) is 0.211. The van der Waals surface area contributed by atoms with Crippen LogP contribution >= 0.6 is 0 Å². The van der Waals surface area contributed by atoms with E-state index in [9.17, 15) is 8.42 Å². The molecule has 2 aromatic rings. The Balaban J connectivity index is 1.75. The zero-order valence-electron chi connectivity index (χ0n) is 13.7. The van der Waals surface area contributed by atoms with E-state index in [1.165, 1.54) is 0 Å². The molecule has 0 radical (unpaired) electrons. The number of rotatable bonds is 3. The minimum atomic E-state index is -3.88. The first-order chi connectivity index (χ1) is 12.1. The molecule has 0 bridgehead atoms. The SMILES string of the molecule is CC1Oc2ccc3ccccc3c2/C1=N/OS(=O)(=O)C1=CC=CCC1. The Hall–Kier alpha value is -2.60. The third-order valence-electron chi connectivity index (χ3n) is 4.37. The summed E-state index contributed by atoms with van der Waals surface area (Å²) in [6.45, 7) is 1.83. The Morgan fingerprint density at radius 2 is 2.04 bits per heavy atom. The second kappa shape index (κ2) is 6.04. The quantitative estimate of drug-likeness (QED) is 0.783. The molecule has 128 valence electrons. The molecule has 0 saturated carbocycles. The first-order valence-corrected chi connectivity index (χ1v) is 9.53. The molecule has 1 heterocycles. The largest absolute Gasteiger partial charge is 0.484 e. The van der Waals surface area contributed by atoms with Crippen LogP contribution in [-0.2, 0) is 14.4 Å². The summed E-state index contributed by atoms with van der Waals surface area (Å²) in [6, 6.07) is 11.7. The standard InChI is InChI=1S/C19H17NO4S/c1-13-19(20-24-25(21,22)15-8-3-2-4-9-15)18-16-10-6-5-7-14(16)11-12-17(18)23-13/h2-3,5-8,10-13H,4,9H2,1H3/b20-19+. The highest BCUT2D eigenvalue weighted by Crippen LogP contribution is 2.35. The lowest BCUT2D eigenvalue weighted by molar-refractivity contribution is 0.292. The summed E-state index contributed by atoms with van der Waals surface area (Å²) >= 11 is 0. The van der Waals surface area contributed by atoms with E-state index in [1.807, 2.05) is 49.4 Å².